The Balaban J connectivity index is 1.31. The number of ether oxygens (including phenoxy) is 1. The average Bonchev–Trinajstić information content (AvgIpc) is 3.32. The van der Waals surface area contributed by atoms with Crippen molar-refractivity contribution < 1.29 is 22.7 Å². The first-order valence-corrected chi connectivity index (χ1v) is 12.7. The number of pyridine rings is 2. The van der Waals surface area contributed by atoms with E-state index in [9.17, 15) is 13.6 Å². The van der Waals surface area contributed by atoms with Gasteiger partial charge in [-0.25, -0.2) is 18.7 Å². The second kappa shape index (κ2) is 9.56. The number of alkyl halides is 2. The molecule has 39 heavy (non-hydrogen) atoms. The fourth-order valence-electron chi connectivity index (χ4n) is 5.52. The first-order chi connectivity index (χ1) is 18.8. The molecule has 2 aliphatic heterocycles. The van der Waals surface area contributed by atoms with Gasteiger partial charge in [-0.15, -0.1) is 0 Å². The van der Waals surface area contributed by atoms with Gasteiger partial charge in [0.25, 0.3) is 11.9 Å². The molecule has 3 aliphatic rings. The third-order valence-corrected chi connectivity index (χ3v) is 7.24. The van der Waals surface area contributed by atoms with E-state index in [4.69, 9.17) is 14.6 Å². The summed E-state index contributed by atoms with van der Waals surface area (Å²) in [7, 11) is 1.72. The average molecular weight is 539 g/mol. The van der Waals surface area contributed by atoms with Crippen LogP contribution in [-0.4, -0.2) is 79.4 Å². The third kappa shape index (κ3) is 4.78. The number of hydrogen-bond donors (Lipinski definition) is 3. The Morgan fingerprint density at radius 2 is 1.90 bits per heavy atom. The van der Waals surface area contributed by atoms with Gasteiger partial charge in [0.2, 0.25) is 11.6 Å². The van der Waals surface area contributed by atoms with Gasteiger partial charge >= 0.3 is 0 Å². The summed E-state index contributed by atoms with van der Waals surface area (Å²) in [6.07, 6.45) is 2.49. The van der Waals surface area contributed by atoms with Crippen LogP contribution in [0.15, 0.2) is 34.9 Å². The molecule has 5 heterocycles. The summed E-state index contributed by atoms with van der Waals surface area (Å²) in [4.78, 5) is 31.0. The summed E-state index contributed by atoms with van der Waals surface area (Å²) >= 11 is 0. The van der Waals surface area contributed by atoms with Crippen LogP contribution in [0.25, 0.3) is 16.8 Å². The highest BCUT2D eigenvalue weighted by atomic mass is 19.3. The minimum absolute atomic E-state index is 0.155. The van der Waals surface area contributed by atoms with E-state index in [0.29, 0.717) is 73.7 Å². The van der Waals surface area contributed by atoms with Crippen LogP contribution in [0.1, 0.15) is 28.9 Å². The molecule has 2 saturated heterocycles. The summed E-state index contributed by atoms with van der Waals surface area (Å²) in [6, 6.07) is 7.10. The van der Waals surface area contributed by atoms with Crippen molar-refractivity contribution in [2.45, 2.75) is 18.8 Å². The van der Waals surface area contributed by atoms with Gasteiger partial charge in [-0.05, 0) is 12.1 Å². The predicted molar refractivity (Wildman–Crippen MR) is 142 cm³/mol. The lowest BCUT2D eigenvalue weighted by atomic mass is 9.61. The van der Waals surface area contributed by atoms with Crippen LogP contribution < -0.4 is 20.4 Å². The molecule has 3 aromatic heterocycles. The number of anilines is 3. The quantitative estimate of drug-likeness (QED) is 0.388. The number of hydrogen-bond acceptors (Lipinski definition) is 10. The fourth-order valence-corrected chi connectivity index (χ4v) is 5.52. The Kier molecular flexibility index (Phi) is 6.17. The Morgan fingerprint density at radius 1 is 1.13 bits per heavy atom. The van der Waals surface area contributed by atoms with E-state index in [1.54, 1.807) is 37.5 Å². The van der Waals surface area contributed by atoms with E-state index in [0.717, 1.165) is 0 Å². The van der Waals surface area contributed by atoms with Gasteiger partial charge in [0.15, 0.2) is 5.58 Å². The minimum Gasteiger partial charge on any atom is -0.422 e. The van der Waals surface area contributed by atoms with Crippen LogP contribution in [0.5, 0.6) is 0 Å². The maximum absolute atomic E-state index is 13.6. The molecule has 1 aliphatic carbocycles. The van der Waals surface area contributed by atoms with Gasteiger partial charge in [-0.1, -0.05) is 6.07 Å². The number of carbonyl (C=O) groups excluding carboxylic acids is 1. The lowest BCUT2D eigenvalue weighted by molar-refractivity contribution is -0.170. The molecule has 3 aromatic rings. The summed E-state index contributed by atoms with van der Waals surface area (Å²) in [5.74, 6) is -2.44. The molecule has 3 fully saturated rings. The molecule has 0 atom stereocenters. The summed E-state index contributed by atoms with van der Waals surface area (Å²) in [6.45, 7) is 3.14. The topological polar surface area (TPSA) is 132 Å². The van der Waals surface area contributed by atoms with E-state index >= 15 is 0 Å². The largest absolute Gasteiger partial charge is 0.422 e. The van der Waals surface area contributed by atoms with E-state index in [1.807, 2.05) is 9.80 Å². The molecule has 1 amide bonds. The number of rotatable bonds is 7. The molecule has 6 rings (SSSR count). The van der Waals surface area contributed by atoms with Crippen molar-refractivity contribution in [3.63, 3.8) is 0 Å². The second-order valence-corrected chi connectivity index (χ2v) is 10.2. The van der Waals surface area contributed by atoms with Gasteiger partial charge in [0.05, 0.1) is 24.5 Å². The van der Waals surface area contributed by atoms with Crippen LogP contribution in [0.4, 0.5) is 26.4 Å². The van der Waals surface area contributed by atoms with Crippen molar-refractivity contribution >= 4 is 46.6 Å². The van der Waals surface area contributed by atoms with Crippen LogP contribution >= 0.6 is 0 Å². The van der Waals surface area contributed by atoms with Gasteiger partial charge in [0, 0.05) is 75.5 Å². The van der Waals surface area contributed by atoms with Crippen LogP contribution in [0.3, 0.4) is 0 Å². The number of morpholine rings is 1. The zero-order valence-corrected chi connectivity index (χ0v) is 21.3. The molecule has 1 saturated carbocycles. The molecule has 0 unspecified atom stereocenters. The van der Waals surface area contributed by atoms with Crippen molar-refractivity contribution in [1.82, 2.24) is 20.3 Å². The lowest BCUT2D eigenvalue weighted by Gasteiger charge is -2.59. The molecule has 204 valence electrons. The number of oxazole rings is 1. The fraction of sp³-hybridized carbons (Fsp3) is 0.423. The van der Waals surface area contributed by atoms with E-state index in [2.05, 4.69) is 25.6 Å². The highest BCUT2D eigenvalue weighted by Gasteiger charge is 2.62. The van der Waals surface area contributed by atoms with Gasteiger partial charge in [0.1, 0.15) is 11.6 Å². The molecule has 0 radical (unpaired) electrons. The number of fused-ring (bicyclic) bond motifs is 1. The highest BCUT2D eigenvalue weighted by molar-refractivity contribution is 6.10. The number of nitrogens with one attached hydrogen (secondary N) is 3. The van der Waals surface area contributed by atoms with Gasteiger partial charge in [-0.2, -0.15) is 4.98 Å². The van der Waals surface area contributed by atoms with Crippen molar-refractivity contribution in [3.05, 3.63) is 41.7 Å². The molecule has 1 spiro atoms. The van der Waals surface area contributed by atoms with Crippen LogP contribution in [0, 0.1) is 10.8 Å². The molecular weight excluding hydrogens is 510 g/mol. The second-order valence-electron chi connectivity index (χ2n) is 10.2. The Hall–Kier alpha value is -4.13. The summed E-state index contributed by atoms with van der Waals surface area (Å²) < 4.78 is 38.6. The van der Waals surface area contributed by atoms with Crippen LogP contribution in [0.2, 0.25) is 0 Å². The minimum atomic E-state index is -2.63. The zero-order chi connectivity index (χ0) is 27.2. The van der Waals surface area contributed by atoms with E-state index in [-0.39, 0.29) is 24.2 Å². The van der Waals surface area contributed by atoms with Crippen molar-refractivity contribution in [1.29, 1.82) is 5.41 Å². The summed E-state index contributed by atoms with van der Waals surface area (Å²) in [5.41, 5.74) is 1.52. The molecule has 13 heteroatoms. The number of amides is 1. The number of allylic oxidation sites excluding steroid dienone is 1. The zero-order valence-electron chi connectivity index (χ0n) is 21.3. The standard InChI is InChI=1S/C26H28F2N8O3/c1-30-11-16(10-29)18-3-2-4-20(31-18)32-23(37)17-9-19-21(34-24(39-19)35-5-7-38-8-6-35)33-22(17)36-14-25(15-36)12-26(27,28)13-25/h2-4,9-11,29-30H,5-8,12-15H2,1H3,(H,31,32,37)/b16-11+,29-10?. The number of halogens is 2. The van der Waals surface area contributed by atoms with Gasteiger partial charge in [-0.3, -0.25) is 4.79 Å². The maximum atomic E-state index is 13.6. The molecule has 11 nitrogen and oxygen atoms in total. The van der Waals surface area contributed by atoms with Crippen LogP contribution in [-0.2, 0) is 4.74 Å². The smallest absolute Gasteiger partial charge is 0.300 e. The molecule has 3 N–H and O–H groups in total. The molecule has 0 bridgehead atoms. The Morgan fingerprint density at radius 3 is 2.59 bits per heavy atom. The Labute approximate surface area is 222 Å². The third-order valence-electron chi connectivity index (χ3n) is 7.24. The van der Waals surface area contributed by atoms with Crippen molar-refractivity contribution in [2.24, 2.45) is 5.41 Å². The van der Waals surface area contributed by atoms with Crippen molar-refractivity contribution in [3.8, 4) is 0 Å². The SMILES string of the molecule is CN/C=C(\C=N)c1cccc(NC(=O)c2cc3oc(N4CCOCC4)nc3nc2N2CC3(C2)CC(F)(F)C3)n1. The number of nitrogens with zero attached hydrogens (tertiary/aromatic N) is 5. The van der Waals surface area contributed by atoms with E-state index < -0.39 is 17.2 Å². The van der Waals surface area contributed by atoms with Gasteiger partial charge < -0.3 is 35.0 Å². The van der Waals surface area contributed by atoms with Crippen molar-refractivity contribution in [2.75, 3.05) is 61.6 Å². The normalized spacial score (nSPS) is 19.9. The monoisotopic (exact) mass is 538 g/mol. The first-order valence-electron chi connectivity index (χ1n) is 12.7. The van der Waals surface area contributed by atoms with E-state index in [1.165, 1.54) is 6.21 Å². The number of carbonyl (C=O) groups is 1. The summed E-state index contributed by atoms with van der Waals surface area (Å²) in [5, 5.41) is 13.3. The maximum Gasteiger partial charge on any atom is 0.300 e. The highest BCUT2D eigenvalue weighted by Crippen LogP contribution is 2.57. The number of aromatic nitrogens is 3. The molecular formula is C26H28F2N8O3. The predicted octanol–water partition coefficient (Wildman–Crippen LogP) is 3.15. The molecule has 0 aromatic carbocycles. The first kappa shape index (κ1) is 25.2. The lowest BCUT2D eigenvalue weighted by Crippen LogP contribution is -2.66. The Bertz CT molecular complexity index is 1450.